The third kappa shape index (κ3) is 3.79. The van der Waals surface area contributed by atoms with Gasteiger partial charge >= 0.3 is 0 Å². The molecule has 34 heavy (non-hydrogen) atoms. The molecule has 170 valence electrons. The number of primary amides is 1. The third-order valence-corrected chi connectivity index (χ3v) is 6.03. The smallest absolute Gasteiger partial charge is 0.248 e. The standard InChI is InChI=1S/C25H17Cl2FN4O2/c1-34-21-9-4-14(24(29)33)10-17(21)25-30-20-12-32(16-7-8-19(28)18(27)11-16)23(22(20)31-25)13-2-5-15(26)6-3-13/h2-12H,1H3,(H2,29,33)(H,30,31). The molecule has 0 fully saturated rings. The first-order valence-corrected chi connectivity index (χ1v) is 10.9. The number of fused-ring (bicyclic) bond motifs is 1. The predicted octanol–water partition coefficient (Wildman–Crippen LogP) is 6.24. The lowest BCUT2D eigenvalue weighted by Gasteiger charge is -2.11. The van der Waals surface area contributed by atoms with Crippen molar-refractivity contribution >= 4 is 40.1 Å². The number of benzene rings is 3. The van der Waals surface area contributed by atoms with Crippen molar-refractivity contribution in [3.05, 3.63) is 88.3 Å². The van der Waals surface area contributed by atoms with Gasteiger partial charge in [-0.2, -0.15) is 0 Å². The van der Waals surface area contributed by atoms with Gasteiger partial charge in [-0.05, 0) is 48.5 Å². The lowest BCUT2D eigenvalue weighted by Crippen LogP contribution is -2.11. The molecule has 0 unspecified atom stereocenters. The number of ether oxygens (including phenoxy) is 1. The normalized spacial score (nSPS) is 11.2. The number of carbonyl (C=O) groups is 1. The molecule has 2 aromatic heterocycles. The van der Waals surface area contributed by atoms with E-state index in [0.29, 0.717) is 44.4 Å². The Morgan fingerprint density at radius 2 is 1.85 bits per heavy atom. The van der Waals surface area contributed by atoms with Gasteiger partial charge in [0.05, 0.1) is 28.9 Å². The van der Waals surface area contributed by atoms with Crippen molar-refractivity contribution in [3.8, 4) is 34.1 Å². The van der Waals surface area contributed by atoms with E-state index in [1.54, 1.807) is 42.5 Å². The zero-order valence-electron chi connectivity index (χ0n) is 17.8. The fraction of sp³-hybridized carbons (Fsp3) is 0.0400. The minimum absolute atomic E-state index is 0.0126. The Kier molecular flexibility index (Phi) is 5.51. The first-order chi connectivity index (χ1) is 16.4. The highest BCUT2D eigenvalue weighted by Gasteiger charge is 2.20. The summed E-state index contributed by atoms with van der Waals surface area (Å²) in [5.74, 6) is -0.0163. The summed E-state index contributed by atoms with van der Waals surface area (Å²) in [7, 11) is 1.54. The number of H-pyrrole nitrogens is 1. The van der Waals surface area contributed by atoms with E-state index in [-0.39, 0.29) is 5.02 Å². The van der Waals surface area contributed by atoms with E-state index < -0.39 is 11.7 Å². The number of methoxy groups -OCH3 is 1. The number of hydrogen-bond donors (Lipinski definition) is 2. The minimum atomic E-state index is -0.553. The molecule has 6 nitrogen and oxygen atoms in total. The van der Waals surface area contributed by atoms with Gasteiger partial charge in [0.25, 0.3) is 0 Å². The van der Waals surface area contributed by atoms with Crippen LogP contribution in [0.1, 0.15) is 10.4 Å². The molecule has 1 amide bonds. The molecule has 0 radical (unpaired) electrons. The van der Waals surface area contributed by atoms with Crippen LogP contribution in [-0.2, 0) is 0 Å². The summed E-state index contributed by atoms with van der Waals surface area (Å²) in [4.78, 5) is 19.8. The molecule has 5 rings (SSSR count). The molecule has 3 aromatic carbocycles. The van der Waals surface area contributed by atoms with Crippen molar-refractivity contribution in [1.29, 1.82) is 0 Å². The van der Waals surface area contributed by atoms with Crippen LogP contribution in [0.3, 0.4) is 0 Å². The molecule has 0 aliphatic heterocycles. The second-order valence-electron chi connectivity index (χ2n) is 7.58. The Morgan fingerprint density at radius 3 is 2.53 bits per heavy atom. The number of imidazole rings is 1. The lowest BCUT2D eigenvalue weighted by molar-refractivity contribution is 0.100. The highest BCUT2D eigenvalue weighted by atomic mass is 35.5. The predicted molar refractivity (Wildman–Crippen MR) is 131 cm³/mol. The van der Waals surface area contributed by atoms with Crippen LogP contribution in [0.15, 0.2) is 66.9 Å². The molecule has 0 spiro atoms. The number of hydrogen-bond acceptors (Lipinski definition) is 3. The quantitative estimate of drug-likeness (QED) is 0.303. The number of carbonyl (C=O) groups excluding carboxylic acids is 1. The first kappa shape index (κ1) is 22.0. The number of aromatic nitrogens is 3. The van der Waals surface area contributed by atoms with Crippen molar-refractivity contribution in [2.75, 3.05) is 7.11 Å². The van der Waals surface area contributed by atoms with Gasteiger partial charge in [0.1, 0.15) is 22.9 Å². The fourth-order valence-electron chi connectivity index (χ4n) is 3.86. The summed E-state index contributed by atoms with van der Waals surface area (Å²) in [5, 5.41) is 0.609. The fourth-order valence-corrected chi connectivity index (χ4v) is 4.17. The number of aromatic amines is 1. The van der Waals surface area contributed by atoms with Gasteiger partial charge in [0, 0.05) is 28.0 Å². The molecule has 5 aromatic rings. The van der Waals surface area contributed by atoms with E-state index in [2.05, 4.69) is 4.98 Å². The van der Waals surface area contributed by atoms with Crippen LogP contribution >= 0.6 is 23.2 Å². The molecule has 0 saturated heterocycles. The van der Waals surface area contributed by atoms with Crippen molar-refractivity contribution in [1.82, 2.24) is 14.5 Å². The number of halogens is 3. The number of nitrogens with zero attached hydrogens (tertiary/aromatic N) is 2. The first-order valence-electron chi connectivity index (χ1n) is 10.2. The van der Waals surface area contributed by atoms with Crippen molar-refractivity contribution in [3.63, 3.8) is 0 Å². The summed E-state index contributed by atoms with van der Waals surface area (Å²) in [5.41, 5.74) is 10.0. The average molecular weight is 495 g/mol. The van der Waals surface area contributed by atoms with Gasteiger partial charge in [0.15, 0.2) is 0 Å². The molecule has 0 aliphatic carbocycles. The molecule has 0 atom stereocenters. The Morgan fingerprint density at radius 1 is 1.09 bits per heavy atom. The van der Waals surface area contributed by atoms with Gasteiger partial charge < -0.3 is 20.0 Å². The summed E-state index contributed by atoms with van der Waals surface area (Å²) in [6.45, 7) is 0. The Balaban J connectivity index is 1.75. The van der Waals surface area contributed by atoms with Crippen molar-refractivity contribution in [2.24, 2.45) is 5.73 Å². The zero-order valence-corrected chi connectivity index (χ0v) is 19.3. The van der Waals surface area contributed by atoms with Crippen LogP contribution in [-0.4, -0.2) is 27.6 Å². The summed E-state index contributed by atoms with van der Waals surface area (Å²) < 4.78 is 21.2. The number of rotatable bonds is 5. The maximum Gasteiger partial charge on any atom is 0.248 e. The second-order valence-corrected chi connectivity index (χ2v) is 8.42. The molecule has 3 N–H and O–H groups in total. The summed E-state index contributed by atoms with van der Waals surface area (Å²) >= 11 is 12.2. The third-order valence-electron chi connectivity index (χ3n) is 5.49. The maximum absolute atomic E-state index is 13.8. The molecule has 0 aliphatic rings. The van der Waals surface area contributed by atoms with Crippen LogP contribution in [0.4, 0.5) is 4.39 Å². The van der Waals surface area contributed by atoms with E-state index in [0.717, 1.165) is 11.3 Å². The van der Waals surface area contributed by atoms with Crippen molar-refractivity contribution in [2.45, 2.75) is 0 Å². The van der Waals surface area contributed by atoms with Gasteiger partial charge in [-0.15, -0.1) is 0 Å². The lowest BCUT2D eigenvalue weighted by atomic mass is 10.1. The minimum Gasteiger partial charge on any atom is -0.496 e. The largest absolute Gasteiger partial charge is 0.496 e. The molecule has 2 heterocycles. The Bertz CT molecular complexity index is 1560. The van der Waals surface area contributed by atoms with E-state index in [1.165, 1.54) is 13.2 Å². The van der Waals surface area contributed by atoms with Gasteiger partial charge in [0.2, 0.25) is 5.91 Å². The van der Waals surface area contributed by atoms with Crippen LogP contribution in [0.25, 0.3) is 39.4 Å². The highest BCUT2D eigenvalue weighted by molar-refractivity contribution is 6.31. The zero-order chi connectivity index (χ0) is 24.0. The van der Waals surface area contributed by atoms with Gasteiger partial charge in [-0.25, -0.2) is 9.37 Å². The van der Waals surface area contributed by atoms with E-state index in [4.69, 9.17) is 38.7 Å². The SMILES string of the molecule is COc1ccc(C(N)=O)cc1-c1nc2c(-c3ccc(Cl)cc3)n(-c3ccc(F)c(Cl)c3)cc2[nH]1. The molecule has 0 saturated carbocycles. The van der Waals surface area contributed by atoms with Crippen LogP contribution in [0, 0.1) is 5.82 Å². The van der Waals surface area contributed by atoms with E-state index >= 15 is 0 Å². The van der Waals surface area contributed by atoms with Crippen molar-refractivity contribution < 1.29 is 13.9 Å². The Hall–Kier alpha value is -3.81. The van der Waals surface area contributed by atoms with Crippen LogP contribution < -0.4 is 10.5 Å². The number of nitrogens with two attached hydrogens (primary N) is 1. The second kappa shape index (κ2) is 8.52. The number of amides is 1. The van der Waals surface area contributed by atoms with Crippen LogP contribution in [0.5, 0.6) is 5.75 Å². The van der Waals surface area contributed by atoms with E-state index in [9.17, 15) is 9.18 Å². The maximum atomic E-state index is 13.8. The van der Waals surface area contributed by atoms with Crippen LogP contribution in [0.2, 0.25) is 10.0 Å². The van der Waals surface area contributed by atoms with Gasteiger partial charge in [-0.3, -0.25) is 4.79 Å². The topological polar surface area (TPSA) is 85.9 Å². The Labute approximate surface area is 203 Å². The molecule has 9 heteroatoms. The molecule has 0 bridgehead atoms. The van der Waals surface area contributed by atoms with E-state index in [1.807, 2.05) is 22.9 Å². The monoisotopic (exact) mass is 494 g/mol. The summed E-state index contributed by atoms with van der Waals surface area (Å²) in [6, 6.07) is 16.7. The van der Waals surface area contributed by atoms with Gasteiger partial charge in [-0.1, -0.05) is 35.3 Å². The average Bonchev–Trinajstić information content (AvgIpc) is 3.39. The molecular weight excluding hydrogens is 478 g/mol. The number of nitrogens with one attached hydrogen (secondary N) is 1. The highest BCUT2D eigenvalue weighted by Crippen LogP contribution is 2.37. The molecular formula is C25H17Cl2FN4O2. The summed E-state index contributed by atoms with van der Waals surface area (Å²) in [6.07, 6.45) is 1.85.